The Morgan fingerprint density at radius 1 is 0.271 bits per heavy atom. The Bertz CT molecular complexity index is 3590. The van der Waals surface area contributed by atoms with Crippen LogP contribution in [0.15, 0.2) is 243 Å². The predicted molar refractivity (Wildman–Crippen MR) is 281 cm³/mol. The molecule has 0 radical (unpaired) electrons. The summed E-state index contributed by atoms with van der Waals surface area (Å²) in [6, 6.07) is 75.5. The fourth-order valence-electron chi connectivity index (χ4n) is 10.1. The van der Waals surface area contributed by atoms with Crippen molar-refractivity contribution < 1.29 is 17.6 Å². The van der Waals surface area contributed by atoms with Crippen LogP contribution in [0.2, 0.25) is 0 Å². The zero-order chi connectivity index (χ0) is 47.3. The van der Waals surface area contributed by atoms with E-state index in [1.165, 1.54) is 12.1 Å². The second kappa shape index (κ2) is 17.6. The first-order chi connectivity index (χ1) is 34.4. The first-order valence-electron chi connectivity index (χ1n) is 23.1. The molecular weight excluding hydrogens is 873 g/mol. The van der Waals surface area contributed by atoms with Crippen LogP contribution >= 0.6 is 0 Å². The van der Waals surface area contributed by atoms with E-state index < -0.39 is 23.3 Å². The van der Waals surface area contributed by atoms with Crippen molar-refractivity contribution in [2.45, 2.75) is 0 Å². The summed E-state index contributed by atoms with van der Waals surface area (Å²) in [6.07, 6.45) is 0. The number of benzene rings is 12. The number of anilines is 6. The lowest BCUT2D eigenvalue weighted by Crippen LogP contribution is -2.15. The summed E-state index contributed by atoms with van der Waals surface area (Å²) in [7, 11) is 0. The van der Waals surface area contributed by atoms with Gasteiger partial charge in [-0.2, -0.15) is 0 Å². The van der Waals surface area contributed by atoms with E-state index in [2.05, 4.69) is 24.3 Å². The van der Waals surface area contributed by atoms with E-state index in [0.29, 0.717) is 45.0 Å². The van der Waals surface area contributed by atoms with Gasteiger partial charge in [-0.25, -0.2) is 17.6 Å². The lowest BCUT2D eigenvalue weighted by atomic mass is 9.91. The number of hydrogen-bond acceptors (Lipinski definition) is 2. The van der Waals surface area contributed by atoms with Crippen molar-refractivity contribution in [3.05, 3.63) is 266 Å². The van der Waals surface area contributed by atoms with Gasteiger partial charge in [0.15, 0.2) is 11.6 Å². The van der Waals surface area contributed by atoms with Crippen LogP contribution in [0.3, 0.4) is 0 Å². The molecule has 0 heterocycles. The Labute approximate surface area is 402 Å². The van der Waals surface area contributed by atoms with E-state index in [-0.39, 0.29) is 11.4 Å². The summed E-state index contributed by atoms with van der Waals surface area (Å²) in [5.74, 6) is -2.81. The van der Waals surface area contributed by atoms with Crippen LogP contribution in [0, 0.1) is 23.3 Å². The molecule has 0 spiro atoms. The largest absolute Gasteiger partial charge is 0.307 e. The average molecular weight is 913 g/mol. The summed E-state index contributed by atoms with van der Waals surface area (Å²) in [4.78, 5) is 3.75. The summed E-state index contributed by atoms with van der Waals surface area (Å²) in [5.41, 5.74) is 9.21. The highest BCUT2D eigenvalue weighted by Crippen LogP contribution is 2.51. The Hall–Kier alpha value is -9.00. The zero-order valence-electron chi connectivity index (χ0n) is 37.5. The molecule has 0 aliphatic heterocycles. The van der Waals surface area contributed by atoms with Gasteiger partial charge in [0.25, 0.3) is 0 Å². The maximum atomic E-state index is 17.0. The van der Waals surface area contributed by atoms with Crippen LogP contribution in [0.25, 0.3) is 76.8 Å². The van der Waals surface area contributed by atoms with E-state index >= 15 is 17.6 Å². The van der Waals surface area contributed by atoms with Crippen LogP contribution in [-0.4, -0.2) is 0 Å². The summed E-state index contributed by atoms with van der Waals surface area (Å²) < 4.78 is 65.0. The lowest BCUT2D eigenvalue weighted by molar-refractivity contribution is 0.584. The molecule has 334 valence electrons. The maximum absolute atomic E-state index is 17.0. The summed E-state index contributed by atoms with van der Waals surface area (Å²) in [6.45, 7) is 0. The molecule has 0 saturated heterocycles. The van der Waals surface area contributed by atoms with Gasteiger partial charge in [0.2, 0.25) is 0 Å². The van der Waals surface area contributed by atoms with Gasteiger partial charge in [0.05, 0.1) is 22.7 Å². The molecule has 0 saturated carbocycles. The van der Waals surface area contributed by atoms with Crippen LogP contribution < -0.4 is 9.80 Å². The topological polar surface area (TPSA) is 6.48 Å². The Morgan fingerprint density at radius 3 is 0.957 bits per heavy atom. The SMILES string of the molecule is Fc1cc(F)c(N(c2ccccc2)c2ccc3ccc4c(N(c5ccccc5)c5c(F)cc(F)cc5-c5ccc(-c6ccccc6)cc5)ccc5ccc2c3c54)c(-c2ccc(-c3ccccc3)cc2)c1. The molecule has 0 aromatic heterocycles. The lowest BCUT2D eigenvalue weighted by Gasteiger charge is -2.31. The molecule has 6 heteroatoms. The fraction of sp³-hybridized carbons (Fsp3) is 0. The van der Waals surface area contributed by atoms with E-state index in [4.69, 9.17) is 0 Å². The summed E-state index contributed by atoms with van der Waals surface area (Å²) >= 11 is 0. The maximum Gasteiger partial charge on any atom is 0.150 e. The van der Waals surface area contributed by atoms with Crippen molar-refractivity contribution in [1.82, 2.24) is 0 Å². The first kappa shape index (κ1) is 42.4. The molecule has 0 amide bonds. The van der Waals surface area contributed by atoms with Gasteiger partial charge >= 0.3 is 0 Å². The van der Waals surface area contributed by atoms with Gasteiger partial charge in [-0.05, 0) is 103 Å². The van der Waals surface area contributed by atoms with Gasteiger partial charge in [-0.15, -0.1) is 0 Å². The molecule has 12 aromatic rings. The molecule has 12 rings (SSSR count). The molecule has 0 fully saturated rings. The molecule has 12 aromatic carbocycles. The molecule has 0 N–H and O–H groups in total. The molecule has 0 bridgehead atoms. The van der Waals surface area contributed by atoms with Crippen molar-refractivity contribution in [3.63, 3.8) is 0 Å². The van der Waals surface area contributed by atoms with Crippen LogP contribution in [0.5, 0.6) is 0 Å². The minimum absolute atomic E-state index is 0.196. The standard InChI is InChI=1S/C64H40F4N2/c65-49-37-55(45-25-21-43(22-26-45)41-13-5-1-6-14-41)63(57(67)39-49)69(51-17-9-3-10-18-51)59-35-31-47-30-34-54-60(36-32-48-29-33-53(59)61(47)62(48)54)70(52-19-11-4-12-20-52)64-56(38-50(66)40-58(64)68)46-27-23-44(24-28-46)42-15-7-2-8-16-42/h1-40H. The van der Waals surface area contributed by atoms with Crippen LogP contribution in [-0.2, 0) is 0 Å². The Balaban J connectivity index is 1.06. The van der Waals surface area contributed by atoms with E-state index in [1.807, 2.05) is 204 Å². The highest BCUT2D eigenvalue weighted by molar-refractivity contribution is 6.28. The van der Waals surface area contributed by atoms with Crippen LogP contribution in [0.4, 0.5) is 51.7 Å². The third-order valence-electron chi connectivity index (χ3n) is 13.2. The molecular formula is C64H40F4N2. The normalized spacial score (nSPS) is 11.4. The number of rotatable bonds is 10. The zero-order valence-corrected chi connectivity index (χ0v) is 37.5. The van der Waals surface area contributed by atoms with Crippen molar-refractivity contribution in [3.8, 4) is 44.5 Å². The minimum Gasteiger partial charge on any atom is -0.307 e. The van der Waals surface area contributed by atoms with Crippen molar-refractivity contribution in [2.24, 2.45) is 0 Å². The molecule has 2 nitrogen and oxygen atoms in total. The Kier molecular flexibility index (Phi) is 10.6. The first-order valence-corrected chi connectivity index (χ1v) is 23.1. The van der Waals surface area contributed by atoms with Gasteiger partial charge < -0.3 is 9.80 Å². The van der Waals surface area contributed by atoms with E-state index in [9.17, 15) is 0 Å². The minimum atomic E-state index is -0.718. The number of halogens is 4. The smallest absolute Gasteiger partial charge is 0.150 e. The monoisotopic (exact) mass is 912 g/mol. The highest BCUT2D eigenvalue weighted by Gasteiger charge is 2.28. The van der Waals surface area contributed by atoms with Gasteiger partial charge in [-0.3, -0.25) is 0 Å². The number of hydrogen-bond donors (Lipinski definition) is 0. The predicted octanol–water partition coefficient (Wildman–Crippen LogP) is 18.7. The number of nitrogens with zero attached hydrogens (tertiary/aromatic N) is 2. The third kappa shape index (κ3) is 7.47. The van der Waals surface area contributed by atoms with Crippen molar-refractivity contribution in [2.75, 3.05) is 9.80 Å². The van der Waals surface area contributed by atoms with Gasteiger partial charge in [-0.1, -0.05) is 182 Å². The van der Waals surface area contributed by atoms with Crippen molar-refractivity contribution >= 4 is 66.4 Å². The van der Waals surface area contributed by atoms with E-state index in [1.54, 1.807) is 0 Å². The summed E-state index contributed by atoms with van der Waals surface area (Å²) in [5, 5.41) is 5.36. The average Bonchev–Trinajstić information content (AvgIpc) is 3.41. The number of para-hydroxylation sites is 2. The van der Waals surface area contributed by atoms with Crippen LogP contribution in [0.1, 0.15) is 0 Å². The second-order valence-corrected chi connectivity index (χ2v) is 17.4. The quantitative estimate of drug-likeness (QED) is 0.0996. The third-order valence-corrected chi connectivity index (χ3v) is 13.2. The molecule has 0 aliphatic carbocycles. The van der Waals surface area contributed by atoms with Gasteiger partial charge in [0, 0.05) is 45.4 Å². The fourth-order valence-corrected chi connectivity index (χ4v) is 10.1. The van der Waals surface area contributed by atoms with Gasteiger partial charge in [0.1, 0.15) is 11.6 Å². The molecule has 70 heavy (non-hydrogen) atoms. The molecule has 0 aliphatic rings. The Morgan fingerprint density at radius 2 is 0.586 bits per heavy atom. The van der Waals surface area contributed by atoms with E-state index in [0.717, 1.165) is 66.7 Å². The molecule has 0 atom stereocenters. The highest BCUT2D eigenvalue weighted by atomic mass is 19.1. The van der Waals surface area contributed by atoms with Crippen molar-refractivity contribution in [1.29, 1.82) is 0 Å². The second-order valence-electron chi connectivity index (χ2n) is 17.4. The molecule has 0 unspecified atom stereocenters.